The molecule has 0 spiro atoms. The van der Waals surface area contributed by atoms with Crippen LogP contribution in [0, 0.1) is 0 Å². The van der Waals surface area contributed by atoms with Crippen LogP contribution in [0.5, 0.6) is 11.5 Å². The lowest BCUT2D eigenvalue weighted by Gasteiger charge is -2.09. The number of aromatic nitrogens is 1. The van der Waals surface area contributed by atoms with E-state index in [9.17, 15) is 0 Å². The zero-order chi connectivity index (χ0) is 17.8. The van der Waals surface area contributed by atoms with Crippen molar-refractivity contribution in [2.45, 2.75) is 6.54 Å². The first kappa shape index (κ1) is 17.5. The largest absolute Gasteiger partial charge is 0.493 e. The van der Waals surface area contributed by atoms with Crippen molar-refractivity contribution in [2.24, 2.45) is 0 Å². The molecule has 0 saturated carbocycles. The number of hydrogen-bond acceptors (Lipinski definition) is 5. The Morgan fingerprint density at radius 3 is 2.24 bits per heavy atom. The van der Waals surface area contributed by atoms with Crippen molar-refractivity contribution in [3.63, 3.8) is 0 Å². The molecule has 0 aliphatic carbocycles. The molecule has 0 atom stereocenters. The molecule has 0 unspecified atom stereocenters. The van der Waals surface area contributed by atoms with Crippen molar-refractivity contribution >= 4 is 11.3 Å². The van der Waals surface area contributed by atoms with Crippen LogP contribution in [0.2, 0.25) is 0 Å². The number of ether oxygens (including phenoxy) is 2. The van der Waals surface area contributed by atoms with Gasteiger partial charge in [0, 0.05) is 18.3 Å². The summed E-state index contributed by atoms with van der Waals surface area (Å²) in [5, 5.41) is 0.966. The van der Waals surface area contributed by atoms with E-state index in [4.69, 9.17) is 9.47 Å². The first-order valence-corrected chi connectivity index (χ1v) is 8.84. The van der Waals surface area contributed by atoms with Gasteiger partial charge in [-0.05, 0) is 43.4 Å². The number of benzene rings is 2. The van der Waals surface area contributed by atoms with Gasteiger partial charge in [-0.15, -0.1) is 11.3 Å². The molecule has 3 aromatic rings. The van der Waals surface area contributed by atoms with E-state index in [1.54, 1.807) is 25.6 Å². The Balaban J connectivity index is 1.85. The zero-order valence-corrected chi connectivity index (χ0v) is 15.8. The van der Waals surface area contributed by atoms with Crippen LogP contribution in [0.15, 0.2) is 48.7 Å². The van der Waals surface area contributed by atoms with Crippen LogP contribution in [0.1, 0.15) is 5.56 Å². The molecule has 2 aromatic carbocycles. The van der Waals surface area contributed by atoms with Crippen LogP contribution in [0.3, 0.4) is 0 Å². The molecule has 5 heteroatoms. The minimum atomic E-state index is 0.713. The Labute approximate surface area is 152 Å². The maximum absolute atomic E-state index is 5.38. The van der Waals surface area contributed by atoms with Crippen LogP contribution in [-0.4, -0.2) is 38.2 Å². The summed E-state index contributed by atoms with van der Waals surface area (Å²) in [5.74, 6) is 1.43. The smallest absolute Gasteiger partial charge is 0.161 e. The SMILES string of the molecule is COc1ccc(-c2ncc(-c3ccc(CN(C)C)cc3)s2)cc1OC. The highest BCUT2D eigenvalue weighted by Gasteiger charge is 2.10. The Hall–Kier alpha value is -2.37. The lowest BCUT2D eigenvalue weighted by atomic mass is 10.1. The molecule has 0 aliphatic rings. The quantitative estimate of drug-likeness (QED) is 0.650. The first-order valence-electron chi connectivity index (χ1n) is 8.03. The average Bonchev–Trinajstić information content (AvgIpc) is 3.11. The molecule has 1 heterocycles. The van der Waals surface area contributed by atoms with Gasteiger partial charge in [-0.3, -0.25) is 0 Å². The van der Waals surface area contributed by atoms with E-state index in [-0.39, 0.29) is 0 Å². The van der Waals surface area contributed by atoms with Gasteiger partial charge in [0.2, 0.25) is 0 Å². The lowest BCUT2D eigenvalue weighted by Crippen LogP contribution is -2.10. The Morgan fingerprint density at radius 1 is 0.920 bits per heavy atom. The maximum atomic E-state index is 5.38. The number of methoxy groups -OCH3 is 2. The Bertz CT molecular complexity index is 841. The fourth-order valence-corrected chi connectivity index (χ4v) is 3.57. The highest BCUT2D eigenvalue weighted by molar-refractivity contribution is 7.18. The van der Waals surface area contributed by atoms with E-state index in [1.165, 1.54) is 11.1 Å². The van der Waals surface area contributed by atoms with Crippen LogP contribution in [0.25, 0.3) is 21.0 Å². The van der Waals surface area contributed by atoms with E-state index in [1.807, 2.05) is 24.4 Å². The van der Waals surface area contributed by atoms with E-state index in [0.29, 0.717) is 5.75 Å². The summed E-state index contributed by atoms with van der Waals surface area (Å²) in [6, 6.07) is 14.5. The molecule has 0 bridgehead atoms. The highest BCUT2D eigenvalue weighted by atomic mass is 32.1. The van der Waals surface area contributed by atoms with Crippen LogP contribution >= 0.6 is 11.3 Å². The third-order valence-corrected chi connectivity index (χ3v) is 4.97. The molecule has 3 rings (SSSR count). The second-order valence-electron chi connectivity index (χ2n) is 6.03. The van der Waals surface area contributed by atoms with Gasteiger partial charge < -0.3 is 14.4 Å². The van der Waals surface area contributed by atoms with Crippen molar-refractivity contribution in [3.05, 3.63) is 54.2 Å². The third-order valence-electron chi connectivity index (χ3n) is 3.87. The molecular weight excluding hydrogens is 332 g/mol. The molecule has 25 heavy (non-hydrogen) atoms. The third kappa shape index (κ3) is 4.00. The van der Waals surface area contributed by atoms with Gasteiger partial charge in [0.15, 0.2) is 11.5 Å². The number of rotatable bonds is 6. The highest BCUT2D eigenvalue weighted by Crippen LogP contribution is 2.36. The minimum Gasteiger partial charge on any atom is -0.493 e. The fraction of sp³-hybridized carbons (Fsp3) is 0.250. The molecule has 0 amide bonds. The van der Waals surface area contributed by atoms with Crippen LogP contribution in [-0.2, 0) is 6.54 Å². The molecule has 4 nitrogen and oxygen atoms in total. The normalized spacial score (nSPS) is 10.9. The summed E-state index contributed by atoms with van der Waals surface area (Å²) in [5.41, 5.74) is 3.52. The standard InChI is InChI=1S/C20H22N2O2S/c1-22(2)13-14-5-7-15(8-6-14)19-12-21-20(25-19)16-9-10-17(23-3)18(11-16)24-4/h5-12H,13H2,1-4H3. The van der Waals surface area contributed by atoms with Crippen molar-refractivity contribution in [2.75, 3.05) is 28.3 Å². The van der Waals surface area contributed by atoms with Crippen molar-refractivity contribution in [3.8, 4) is 32.5 Å². The van der Waals surface area contributed by atoms with Gasteiger partial charge in [-0.1, -0.05) is 24.3 Å². The molecule has 0 fully saturated rings. The summed E-state index contributed by atoms with van der Waals surface area (Å²) >= 11 is 1.67. The molecule has 0 aliphatic heterocycles. The predicted octanol–water partition coefficient (Wildman–Crippen LogP) is 4.56. The van der Waals surface area contributed by atoms with Crippen LogP contribution < -0.4 is 9.47 Å². The first-order chi connectivity index (χ1) is 12.1. The van der Waals surface area contributed by atoms with Crippen molar-refractivity contribution in [1.29, 1.82) is 0 Å². The molecule has 130 valence electrons. The number of hydrogen-bond donors (Lipinski definition) is 0. The van der Waals surface area contributed by atoms with E-state index >= 15 is 0 Å². The summed E-state index contributed by atoms with van der Waals surface area (Å²) in [4.78, 5) is 7.90. The minimum absolute atomic E-state index is 0.713. The topological polar surface area (TPSA) is 34.6 Å². The summed E-state index contributed by atoms with van der Waals surface area (Å²) in [7, 11) is 7.43. The van der Waals surface area contributed by atoms with Gasteiger partial charge in [-0.2, -0.15) is 0 Å². The maximum Gasteiger partial charge on any atom is 0.161 e. The number of nitrogens with zero attached hydrogens (tertiary/aromatic N) is 2. The van der Waals surface area contributed by atoms with Gasteiger partial charge in [0.1, 0.15) is 5.01 Å². The zero-order valence-electron chi connectivity index (χ0n) is 14.9. The monoisotopic (exact) mass is 354 g/mol. The van der Waals surface area contributed by atoms with E-state index < -0.39 is 0 Å². The van der Waals surface area contributed by atoms with Gasteiger partial charge in [-0.25, -0.2) is 4.98 Å². The van der Waals surface area contributed by atoms with Crippen molar-refractivity contribution in [1.82, 2.24) is 9.88 Å². The molecule has 0 radical (unpaired) electrons. The summed E-state index contributed by atoms with van der Waals surface area (Å²) in [6.45, 7) is 0.944. The molecule has 0 saturated heterocycles. The van der Waals surface area contributed by atoms with Gasteiger partial charge in [0.25, 0.3) is 0 Å². The Morgan fingerprint density at radius 2 is 1.60 bits per heavy atom. The second-order valence-corrected chi connectivity index (χ2v) is 7.06. The molecule has 0 N–H and O–H groups in total. The van der Waals surface area contributed by atoms with Gasteiger partial charge in [0.05, 0.1) is 19.1 Å². The van der Waals surface area contributed by atoms with Crippen molar-refractivity contribution < 1.29 is 9.47 Å². The van der Waals surface area contributed by atoms with Gasteiger partial charge >= 0.3 is 0 Å². The summed E-state index contributed by atoms with van der Waals surface area (Å²) in [6.07, 6.45) is 1.93. The second kappa shape index (κ2) is 7.68. The van der Waals surface area contributed by atoms with Crippen LogP contribution in [0.4, 0.5) is 0 Å². The summed E-state index contributed by atoms with van der Waals surface area (Å²) < 4.78 is 10.7. The molecular formula is C20H22N2O2S. The predicted molar refractivity (Wildman–Crippen MR) is 103 cm³/mol. The van der Waals surface area contributed by atoms with E-state index in [2.05, 4.69) is 48.2 Å². The fourth-order valence-electron chi connectivity index (χ4n) is 2.65. The lowest BCUT2D eigenvalue weighted by molar-refractivity contribution is 0.355. The molecule has 1 aromatic heterocycles. The Kier molecular flexibility index (Phi) is 5.36. The van der Waals surface area contributed by atoms with E-state index in [0.717, 1.165) is 27.7 Å². The average molecular weight is 354 g/mol. The number of thiazole rings is 1.